The molecule has 4 fully saturated rings. The lowest BCUT2D eigenvalue weighted by Gasteiger charge is -2.26. The average molecular weight is 476 g/mol. The molecular weight excluding hydrogens is 443 g/mol. The molecule has 1 saturated heterocycles. The topological polar surface area (TPSA) is 57.4 Å². The second-order valence-electron chi connectivity index (χ2n) is 11.2. The van der Waals surface area contributed by atoms with Crippen LogP contribution in [-0.2, 0) is 4.79 Å². The van der Waals surface area contributed by atoms with Crippen molar-refractivity contribution in [2.75, 3.05) is 31.6 Å². The van der Waals surface area contributed by atoms with Crippen LogP contribution in [0.1, 0.15) is 44.9 Å². The van der Waals surface area contributed by atoms with Gasteiger partial charge in [0.2, 0.25) is 5.91 Å². The number of nitrogens with zero attached hydrogens (tertiary/aromatic N) is 1. The van der Waals surface area contributed by atoms with Crippen molar-refractivity contribution in [2.24, 2.45) is 29.1 Å². The van der Waals surface area contributed by atoms with E-state index < -0.39 is 12.7 Å². The predicted octanol–water partition coefficient (Wildman–Crippen LogP) is 5.59. The maximum Gasteiger partial charge on any atom is 0.401 e. The summed E-state index contributed by atoms with van der Waals surface area (Å²) in [5, 5.41) is 4.07. The first-order valence-corrected chi connectivity index (χ1v) is 12.6. The molecular formula is C26H32F3N3O2. The number of benzene rings is 1. The second-order valence-corrected chi connectivity index (χ2v) is 11.2. The number of carbonyl (C=O) groups excluding carboxylic acids is 1. The van der Waals surface area contributed by atoms with Crippen molar-refractivity contribution < 1.29 is 22.7 Å². The van der Waals surface area contributed by atoms with Gasteiger partial charge in [-0.15, -0.1) is 0 Å². The van der Waals surface area contributed by atoms with E-state index in [1.165, 1.54) is 19.3 Å². The molecule has 4 aliphatic rings. The molecule has 34 heavy (non-hydrogen) atoms. The van der Waals surface area contributed by atoms with Gasteiger partial charge in [-0.1, -0.05) is 6.42 Å². The van der Waals surface area contributed by atoms with Gasteiger partial charge in [0.05, 0.1) is 18.8 Å². The summed E-state index contributed by atoms with van der Waals surface area (Å²) in [6.45, 7) is 0.961. The molecule has 1 aliphatic heterocycles. The Kier molecular flexibility index (Phi) is 5.35. The lowest BCUT2D eigenvalue weighted by atomic mass is 9.79. The minimum Gasteiger partial charge on any atom is -0.494 e. The van der Waals surface area contributed by atoms with E-state index in [9.17, 15) is 18.0 Å². The summed E-state index contributed by atoms with van der Waals surface area (Å²) in [6, 6.07) is 5.89. The Hall–Kier alpha value is -2.22. The first-order chi connectivity index (χ1) is 16.3. The van der Waals surface area contributed by atoms with E-state index in [0.29, 0.717) is 42.9 Å². The Morgan fingerprint density at radius 1 is 1.21 bits per heavy atom. The van der Waals surface area contributed by atoms with Crippen LogP contribution in [0.3, 0.4) is 0 Å². The maximum atomic E-state index is 12.7. The van der Waals surface area contributed by atoms with Gasteiger partial charge in [0.25, 0.3) is 0 Å². The van der Waals surface area contributed by atoms with Crippen LogP contribution in [0.15, 0.2) is 24.4 Å². The van der Waals surface area contributed by atoms with Crippen LogP contribution in [0.4, 0.5) is 18.9 Å². The fraction of sp³-hybridized carbons (Fsp3) is 0.654. The zero-order valence-corrected chi connectivity index (χ0v) is 19.3. The fourth-order valence-corrected chi connectivity index (χ4v) is 6.90. The lowest BCUT2D eigenvalue weighted by Crippen LogP contribution is -2.33. The molecule has 1 aromatic heterocycles. The van der Waals surface area contributed by atoms with Crippen LogP contribution >= 0.6 is 0 Å². The number of halogens is 3. The van der Waals surface area contributed by atoms with E-state index in [2.05, 4.69) is 10.3 Å². The van der Waals surface area contributed by atoms with E-state index in [1.54, 1.807) is 4.90 Å². The van der Waals surface area contributed by atoms with Gasteiger partial charge in [-0.2, -0.15) is 13.2 Å². The van der Waals surface area contributed by atoms with Gasteiger partial charge in [0.15, 0.2) is 0 Å². The van der Waals surface area contributed by atoms with Crippen molar-refractivity contribution in [3.63, 3.8) is 0 Å². The van der Waals surface area contributed by atoms with Crippen LogP contribution in [0.2, 0.25) is 0 Å². The minimum atomic E-state index is -4.11. The Labute approximate surface area is 197 Å². The molecule has 3 saturated carbocycles. The highest BCUT2D eigenvalue weighted by molar-refractivity contribution is 6.03. The first-order valence-electron chi connectivity index (χ1n) is 12.6. The number of amides is 1. The monoisotopic (exact) mass is 475 g/mol. The number of H-pyrrole nitrogens is 1. The third-order valence-electron chi connectivity index (χ3n) is 8.89. The number of hydrogen-bond donors (Lipinski definition) is 2. The summed E-state index contributed by atoms with van der Waals surface area (Å²) in [7, 11) is 0. The van der Waals surface area contributed by atoms with Crippen molar-refractivity contribution in [3.8, 4) is 5.75 Å². The van der Waals surface area contributed by atoms with Gasteiger partial charge in [-0.3, -0.25) is 9.69 Å². The van der Waals surface area contributed by atoms with Crippen molar-refractivity contribution in [1.82, 2.24) is 9.88 Å². The number of rotatable bonds is 7. The van der Waals surface area contributed by atoms with Gasteiger partial charge in [-0.05, 0) is 79.9 Å². The number of likely N-dealkylation sites (tertiary alicyclic amines) is 1. The summed E-state index contributed by atoms with van der Waals surface area (Å²) in [4.78, 5) is 17.5. The molecule has 6 rings (SSSR count). The molecule has 2 aromatic rings. The number of aromatic nitrogens is 1. The van der Waals surface area contributed by atoms with Gasteiger partial charge < -0.3 is 15.0 Å². The third kappa shape index (κ3) is 4.30. The normalized spacial score (nSPS) is 29.9. The maximum absolute atomic E-state index is 12.7. The number of nitrogens with one attached hydrogen (secondary N) is 2. The van der Waals surface area contributed by atoms with E-state index in [0.717, 1.165) is 48.0 Å². The van der Waals surface area contributed by atoms with E-state index >= 15 is 0 Å². The number of ether oxygens (including phenoxy) is 1. The number of alkyl halides is 3. The number of fused-ring (bicyclic) bond motifs is 2. The van der Waals surface area contributed by atoms with Crippen LogP contribution in [0, 0.1) is 29.1 Å². The second kappa shape index (κ2) is 8.18. The standard InChI is InChI=1S/C26H32F3N3O2/c27-26(28,29)15-32-13-17-8-16(9-18(17)14-32)4-7-34-19-2-3-22-20(10-19)23(12-30-22)31-24(33)21-11-25(21)5-1-6-25/h2-3,10,12,16-18,21,30H,1,4-9,11,13-15H2,(H,31,33)/t16-,17-,18+,21?. The average Bonchev–Trinajstić information content (AvgIpc) is 3.05. The molecule has 4 atom stereocenters. The molecule has 1 unspecified atom stereocenters. The molecule has 1 spiro atoms. The molecule has 2 N–H and O–H groups in total. The highest BCUT2D eigenvalue weighted by atomic mass is 19.4. The first kappa shape index (κ1) is 22.3. The SMILES string of the molecule is O=C(Nc1c[nH]c2ccc(OCC[C@@H]3C[C@@H]4CN(CC(F)(F)F)C[C@@H]4C3)cc12)C1CC12CCC2. The number of hydrogen-bond acceptors (Lipinski definition) is 3. The van der Waals surface area contributed by atoms with E-state index in [1.807, 2.05) is 24.4 Å². The Balaban J connectivity index is 0.997. The predicted molar refractivity (Wildman–Crippen MR) is 124 cm³/mol. The largest absolute Gasteiger partial charge is 0.494 e. The summed E-state index contributed by atoms with van der Waals surface area (Å²) >= 11 is 0. The Morgan fingerprint density at radius 3 is 2.62 bits per heavy atom. The number of aromatic amines is 1. The lowest BCUT2D eigenvalue weighted by molar-refractivity contribution is -0.144. The molecule has 8 heteroatoms. The zero-order valence-electron chi connectivity index (χ0n) is 19.3. The fourth-order valence-electron chi connectivity index (χ4n) is 6.90. The van der Waals surface area contributed by atoms with Crippen LogP contribution in [0.25, 0.3) is 10.9 Å². The summed E-state index contributed by atoms with van der Waals surface area (Å²) in [5.74, 6) is 2.37. The van der Waals surface area contributed by atoms with Crippen molar-refractivity contribution in [2.45, 2.75) is 51.1 Å². The molecule has 1 aromatic carbocycles. The smallest absolute Gasteiger partial charge is 0.401 e. The quantitative estimate of drug-likeness (QED) is 0.549. The minimum absolute atomic E-state index is 0.132. The summed E-state index contributed by atoms with van der Waals surface area (Å²) in [5.41, 5.74) is 2.07. The summed E-state index contributed by atoms with van der Waals surface area (Å²) in [6.07, 6.45) is 5.31. The van der Waals surface area contributed by atoms with Crippen LogP contribution in [-0.4, -0.2) is 48.2 Å². The van der Waals surface area contributed by atoms with Crippen LogP contribution in [0.5, 0.6) is 5.75 Å². The number of carbonyl (C=O) groups is 1. The highest BCUT2D eigenvalue weighted by Crippen LogP contribution is 2.65. The molecule has 5 nitrogen and oxygen atoms in total. The molecule has 184 valence electrons. The van der Waals surface area contributed by atoms with Gasteiger partial charge >= 0.3 is 6.18 Å². The molecule has 1 amide bonds. The molecule has 0 radical (unpaired) electrons. The van der Waals surface area contributed by atoms with Crippen molar-refractivity contribution >= 4 is 22.5 Å². The van der Waals surface area contributed by atoms with E-state index in [-0.39, 0.29) is 11.8 Å². The van der Waals surface area contributed by atoms with Crippen LogP contribution < -0.4 is 10.1 Å². The molecule has 0 bridgehead atoms. The van der Waals surface area contributed by atoms with Gasteiger partial charge in [0, 0.05) is 36.1 Å². The highest BCUT2D eigenvalue weighted by Gasteiger charge is 2.60. The molecule has 3 aliphatic carbocycles. The number of anilines is 1. The van der Waals surface area contributed by atoms with Crippen molar-refractivity contribution in [1.29, 1.82) is 0 Å². The van der Waals surface area contributed by atoms with E-state index in [4.69, 9.17) is 4.74 Å². The zero-order chi connectivity index (χ0) is 23.5. The van der Waals surface area contributed by atoms with Gasteiger partial charge in [-0.25, -0.2) is 0 Å². The summed E-state index contributed by atoms with van der Waals surface area (Å²) < 4.78 is 44.0. The van der Waals surface area contributed by atoms with Gasteiger partial charge in [0.1, 0.15) is 5.75 Å². The Morgan fingerprint density at radius 2 is 1.97 bits per heavy atom. The Bertz CT molecular complexity index is 1060. The van der Waals surface area contributed by atoms with Crippen molar-refractivity contribution in [3.05, 3.63) is 24.4 Å². The molecule has 2 heterocycles. The third-order valence-corrected chi connectivity index (χ3v) is 8.89.